The molecule has 0 saturated carbocycles. The molecule has 0 aliphatic heterocycles. The summed E-state index contributed by atoms with van der Waals surface area (Å²) in [6.07, 6.45) is 1.09. The summed E-state index contributed by atoms with van der Waals surface area (Å²) in [5, 5.41) is 2.82. The number of ether oxygens (including phenoxy) is 1. The van der Waals surface area contributed by atoms with Gasteiger partial charge < -0.3 is 23.9 Å². The van der Waals surface area contributed by atoms with Gasteiger partial charge in [-0.15, -0.1) is 6.54 Å². The van der Waals surface area contributed by atoms with Gasteiger partial charge in [0.25, 0.3) is 0 Å². The van der Waals surface area contributed by atoms with Gasteiger partial charge in [-0.3, -0.25) is 0 Å². The summed E-state index contributed by atoms with van der Waals surface area (Å²) in [6.45, 7) is 11.3. The standard InChI is InChI=1S/C5H11O.C3H8N.U/c1-3-5-6-4-2;1-3-4-2;/h2-5H2,1H3;4H,1,3H2,2H3;/q2*-1;+2. The molecule has 3 heteroatoms. The zero-order valence-corrected chi connectivity index (χ0v) is 11.8. The SMILES string of the molecule is [CH2-]CNC.[CH2-]COCCC.[U+2]. The van der Waals surface area contributed by atoms with Crippen molar-refractivity contribution in [2.24, 2.45) is 0 Å². The minimum absolute atomic E-state index is 0. The Morgan fingerprint density at radius 3 is 1.91 bits per heavy atom. The summed E-state index contributed by atoms with van der Waals surface area (Å²) >= 11 is 0. The van der Waals surface area contributed by atoms with E-state index in [0.717, 1.165) is 19.6 Å². The van der Waals surface area contributed by atoms with Crippen molar-refractivity contribution < 1.29 is 35.9 Å². The van der Waals surface area contributed by atoms with Gasteiger partial charge in [0, 0.05) is 6.61 Å². The molecule has 0 atom stereocenters. The Kier molecular flexibility index (Phi) is 36.5. The Morgan fingerprint density at radius 1 is 1.36 bits per heavy atom. The Balaban J connectivity index is -0.000000114. The van der Waals surface area contributed by atoms with Crippen molar-refractivity contribution in [3.8, 4) is 0 Å². The Bertz CT molecular complexity index is 39.1. The van der Waals surface area contributed by atoms with Crippen molar-refractivity contribution >= 4 is 0 Å². The van der Waals surface area contributed by atoms with Crippen LogP contribution in [0.2, 0.25) is 0 Å². The normalized spacial score (nSPS) is 7.64. The van der Waals surface area contributed by atoms with Crippen LogP contribution in [-0.4, -0.2) is 26.8 Å². The molecule has 0 aromatic carbocycles. The van der Waals surface area contributed by atoms with Crippen LogP contribution >= 0.6 is 0 Å². The number of hydrogen-bond acceptors (Lipinski definition) is 2. The van der Waals surface area contributed by atoms with Crippen LogP contribution in [0.1, 0.15) is 13.3 Å². The van der Waals surface area contributed by atoms with Gasteiger partial charge >= 0.3 is 31.1 Å². The molecule has 0 heterocycles. The first kappa shape index (κ1) is 17.9. The first-order valence-electron chi connectivity index (χ1n) is 3.64. The molecule has 0 aromatic rings. The second-order valence-corrected chi connectivity index (χ2v) is 1.72. The smallest absolute Gasteiger partial charge is 0.413 e. The van der Waals surface area contributed by atoms with Gasteiger partial charge in [-0.25, -0.2) is 0 Å². The Hall–Kier alpha value is 0.972. The molecular formula is C8H19NOU. The minimum Gasteiger partial charge on any atom is -0.413 e. The predicted molar refractivity (Wildman–Crippen MR) is 45.8 cm³/mol. The van der Waals surface area contributed by atoms with Gasteiger partial charge in [0.05, 0.1) is 0 Å². The zero-order valence-electron chi connectivity index (χ0n) is 7.65. The maximum absolute atomic E-state index is 4.87. The molecule has 66 valence electrons. The molecule has 0 aliphatic rings. The van der Waals surface area contributed by atoms with Crippen LogP contribution in [-0.2, 0) is 4.74 Å². The molecule has 0 aliphatic carbocycles. The number of hydrogen-bond donors (Lipinski definition) is 1. The average molecular weight is 383 g/mol. The molecule has 2 nitrogen and oxygen atoms in total. The van der Waals surface area contributed by atoms with Crippen molar-refractivity contribution in [2.45, 2.75) is 13.3 Å². The first-order chi connectivity index (χ1) is 4.83. The summed E-state index contributed by atoms with van der Waals surface area (Å²) in [6, 6.07) is 0. The van der Waals surface area contributed by atoms with Crippen molar-refractivity contribution in [1.29, 1.82) is 0 Å². The van der Waals surface area contributed by atoms with Crippen LogP contribution in [0.4, 0.5) is 0 Å². The number of nitrogens with one attached hydrogen (secondary N) is 1. The minimum atomic E-state index is 0. The second kappa shape index (κ2) is 22.4. The van der Waals surface area contributed by atoms with Gasteiger partial charge in [-0.2, -0.15) is 0 Å². The van der Waals surface area contributed by atoms with E-state index in [-0.39, 0.29) is 31.1 Å². The van der Waals surface area contributed by atoms with Crippen molar-refractivity contribution in [2.75, 3.05) is 26.8 Å². The van der Waals surface area contributed by atoms with Crippen LogP contribution in [0, 0.1) is 45.0 Å². The molecule has 0 rings (SSSR count). The topological polar surface area (TPSA) is 21.3 Å². The van der Waals surface area contributed by atoms with Gasteiger partial charge in [0.15, 0.2) is 0 Å². The van der Waals surface area contributed by atoms with Gasteiger partial charge in [0.1, 0.15) is 0 Å². The van der Waals surface area contributed by atoms with E-state index in [0.29, 0.717) is 6.61 Å². The van der Waals surface area contributed by atoms with Gasteiger partial charge in [-0.05, 0) is 13.5 Å². The molecule has 0 fully saturated rings. The van der Waals surface area contributed by atoms with Crippen molar-refractivity contribution in [3.63, 3.8) is 0 Å². The van der Waals surface area contributed by atoms with Crippen molar-refractivity contribution in [3.05, 3.63) is 13.8 Å². The summed E-state index contributed by atoms with van der Waals surface area (Å²) in [5.74, 6) is 0. The maximum Gasteiger partial charge on any atom is 2.00 e. The molecule has 1 N–H and O–H groups in total. The van der Waals surface area contributed by atoms with E-state index < -0.39 is 0 Å². The van der Waals surface area contributed by atoms with Crippen LogP contribution in [0.5, 0.6) is 0 Å². The summed E-state index contributed by atoms with van der Waals surface area (Å²) in [4.78, 5) is 0. The predicted octanol–water partition coefficient (Wildman–Crippen LogP) is 1.29. The van der Waals surface area contributed by atoms with Crippen LogP contribution < -0.4 is 5.32 Å². The molecule has 0 spiro atoms. The van der Waals surface area contributed by atoms with Crippen molar-refractivity contribution in [1.82, 2.24) is 5.32 Å². The van der Waals surface area contributed by atoms with Crippen LogP contribution in [0.25, 0.3) is 0 Å². The van der Waals surface area contributed by atoms with E-state index in [9.17, 15) is 0 Å². The molecular weight excluding hydrogens is 364 g/mol. The molecule has 0 aromatic heterocycles. The van der Waals surface area contributed by atoms with E-state index in [2.05, 4.69) is 26.1 Å². The summed E-state index contributed by atoms with van der Waals surface area (Å²) in [5.41, 5.74) is 0. The van der Waals surface area contributed by atoms with Crippen LogP contribution in [0.15, 0.2) is 0 Å². The fourth-order valence-corrected chi connectivity index (χ4v) is 0.246. The number of rotatable bonds is 4. The fourth-order valence-electron chi connectivity index (χ4n) is 0.246. The molecule has 0 saturated heterocycles. The molecule has 0 unspecified atom stereocenters. The van der Waals surface area contributed by atoms with Crippen LogP contribution in [0.3, 0.4) is 0 Å². The maximum atomic E-state index is 4.87. The summed E-state index contributed by atoms with van der Waals surface area (Å²) in [7, 11) is 1.87. The third-order valence-electron chi connectivity index (χ3n) is 0.743. The van der Waals surface area contributed by atoms with Gasteiger partial charge in [0.2, 0.25) is 0 Å². The van der Waals surface area contributed by atoms with Gasteiger partial charge in [-0.1, -0.05) is 13.5 Å². The van der Waals surface area contributed by atoms with E-state index in [1.54, 1.807) is 0 Å². The Morgan fingerprint density at radius 2 is 1.82 bits per heavy atom. The quantitative estimate of drug-likeness (QED) is 0.584. The second-order valence-electron chi connectivity index (χ2n) is 1.72. The largest absolute Gasteiger partial charge is 2.00 e. The average Bonchev–Trinajstić information content (AvgIpc) is 2.01. The van der Waals surface area contributed by atoms with E-state index in [4.69, 9.17) is 4.74 Å². The summed E-state index contributed by atoms with van der Waals surface area (Å²) < 4.78 is 4.87. The molecule has 0 radical (unpaired) electrons. The third kappa shape index (κ3) is 35.7. The molecule has 11 heavy (non-hydrogen) atoms. The monoisotopic (exact) mass is 383 g/mol. The molecule has 0 bridgehead atoms. The van der Waals surface area contributed by atoms with E-state index in [1.165, 1.54) is 0 Å². The third-order valence-corrected chi connectivity index (χ3v) is 0.743. The van der Waals surface area contributed by atoms with E-state index in [1.807, 2.05) is 7.05 Å². The molecule has 0 amide bonds. The van der Waals surface area contributed by atoms with E-state index >= 15 is 0 Å². The zero-order chi connectivity index (χ0) is 8.24. The Labute approximate surface area is 94.8 Å². The first-order valence-corrected chi connectivity index (χ1v) is 3.64. The fraction of sp³-hybridized carbons (Fsp3) is 0.750.